The van der Waals surface area contributed by atoms with Gasteiger partial charge in [-0.15, -0.1) is 23.9 Å². The number of terminal acetylenes is 1. The third-order valence-corrected chi connectivity index (χ3v) is 1.79. The molecule has 0 bridgehead atoms. The van der Waals surface area contributed by atoms with Crippen molar-refractivity contribution in [1.82, 2.24) is 0 Å². The Morgan fingerprint density at radius 2 is 2.33 bits per heavy atom. The van der Waals surface area contributed by atoms with Crippen LogP contribution in [0.2, 0.25) is 0 Å². The molecule has 0 aromatic carbocycles. The molecule has 0 rings (SSSR count). The normalized spacial score (nSPS) is 19.9. The maximum absolute atomic E-state index is 9.32. The zero-order valence-corrected chi connectivity index (χ0v) is 6.44. The number of halogens is 1. The first-order chi connectivity index (χ1) is 4.00. The minimum atomic E-state index is -0.920. The standard InChI is InChI=1S/C7H11ClO/c1-4-5-7(3,9)6(2)8/h1,6,9H,5H2,2-3H3. The highest BCUT2D eigenvalue weighted by Crippen LogP contribution is 2.18. The average Bonchev–Trinajstić information content (AvgIpc) is 1.65. The van der Waals surface area contributed by atoms with E-state index in [-0.39, 0.29) is 5.38 Å². The molecule has 2 atom stereocenters. The van der Waals surface area contributed by atoms with Crippen LogP contribution in [0, 0.1) is 12.3 Å². The topological polar surface area (TPSA) is 20.2 Å². The predicted octanol–water partition coefficient (Wildman–Crippen LogP) is 1.39. The van der Waals surface area contributed by atoms with Crippen molar-refractivity contribution in [2.24, 2.45) is 0 Å². The maximum atomic E-state index is 9.32. The van der Waals surface area contributed by atoms with Gasteiger partial charge in [0.1, 0.15) is 0 Å². The largest absolute Gasteiger partial charge is 0.388 e. The van der Waals surface area contributed by atoms with Crippen LogP contribution >= 0.6 is 11.6 Å². The smallest absolute Gasteiger partial charge is 0.0888 e. The van der Waals surface area contributed by atoms with Crippen molar-refractivity contribution < 1.29 is 5.11 Å². The highest BCUT2D eigenvalue weighted by atomic mass is 35.5. The second-order valence-electron chi connectivity index (χ2n) is 2.35. The summed E-state index contributed by atoms with van der Waals surface area (Å²) in [5.74, 6) is 2.35. The molecule has 9 heavy (non-hydrogen) atoms. The summed E-state index contributed by atoms with van der Waals surface area (Å²) in [4.78, 5) is 0. The molecule has 1 N–H and O–H groups in total. The molecule has 0 amide bonds. The summed E-state index contributed by atoms with van der Waals surface area (Å²) in [6.07, 6.45) is 5.29. The summed E-state index contributed by atoms with van der Waals surface area (Å²) in [5, 5.41) is 9.02. The average molecular weight is 147 g/mol. The van der Waals surface area contributed by atoms with Crippen molar-refractivity contribution in [2.45, 2.75) is 31.2 Å². The summed E-state index contributed by atoms with van der Waals surface area (Å²) < 4.78 is 0. The van der Waals surface area contributed by atoms with E-state index in [9.17, 15) is 5.11 Å². The van der Waals surface area contributed by atoms with Gasteiger partial charge in [-0.1, -0.05) is 0 Å². The molecule has 2 unspecified atom stereocenters. The van der Waals surface area contributed by atoms with E-state index < -0.39 is 5.60 Å². The molecule has 0 heterocycles. The van der Waals surface area contributed by atoms with E-state index in [1.807, 2.05) is 0 Å². The van der Waals surface area contributed by atoms with Gasteiger partial charge in [0.05, 0.1) is 11.0 Å². The molecule has 0 saturated heterocycles. The van der Waals surface area contributed by atoms with E-state index >= 15 is 0 Å². The van der Waals surface area contributed by atoms with Gasteiger partial charge in [-0.05, 0) is 13.8 Å². The molecule has 0 fully saturated rings. The molecule has 2 heteroatoms. The quantitative estimate of drug-likeness (QED) is 0.461. The fourth-order valence-corrected chi connectivity index (χ4v) is 0.424. The Bertz CT molecular complexity index is 121. The molecule has 1 nitrogen and oxygen atoms in total. The first-order valence-electron chi connectivity index (χ1n) is 2.80. The highest BCUT2D eigenvalue weighted by Gasteiger charge is 2.24. The second kappa shape index (κ2) is 3.10. The minimum absolute atomic E-state index is 0.298. The molecular formula is C7H11ClO. The summed E-state index contributed by atoms with van der Waals surface area (Å²) >= 11 is 5.60. The fourth-order valence-electron chi connectivity index (χ4n) is 0.347. The maximum Gasteiger partial charge on any atom is 0.0888 e. The summed E-state index contributed by atoms with van der Waals surface area (Å²) in [7, 11) is 0. The Balaban J connectivity index is 3.89. The van der Waals surface area contributed by atoms with Gasteiger partial charge in [-0.3, -0.25) is 0 Å². The molecule has 0 aromatic rings. The van der Waals surface area contributed by atoms with Gasteiger partial charge in [0.15, 0.2) is 0 Å². The molecular weight excluding hydrogens is 136 g/mol. The van der Waals surface area contributed by atoms with Crippen molar-refractivity contribution in [3.05, 3.63) is 0 Å². The van der Waals surface area contributed by atoms with Crippen molar-refractivity contribution in [2.75, 3.05) is 0 Å². The number of rotatable bonds is 2. The Morgan fingerprint density at radius 3 is 2.44 bits per heavy atom. The van der Waals surface area contributed by atoms with Gasteiger partial charge in [0, 0.05) is 6.42 Å². The first-order valence-corrected chi connectivity index (χ1v) is 3.24. The monoisotopic (exact) mass is 146 g/mol. The van der Waals surface area contributed by atoms with Crippen LogP contribution in [-0.4, -0.2) is 16.1 Å². The lowest BCUT2D eigenvalue weighted by molar-refractivity contribution is 0.0653. The number of hydrogen-bond donors (Lipinski definition) is 1. The van der Waals surface area contributed by atoms with Crippen molar-refractivity contribution in [1.29, 1.82) is 0 Å². The number of alkyl halides is 1. The fraction of sp³-hybridized carbons (Fsp3) is 0.714. The van der Waals surface area contributed by atoms with Crippen molar-refractivity contribution in [3.63, 3.8) is 0 Å². The van der Waals surface area contributed by atoms with Crippen molar-refractivity contribution in [3.8, 4) is 12.3 Å². The van der Waals surface area contributed by atoms with Gasteiger partial charge < -0.3 is 5.11 Å². The van der Waals surface area contributed by atoms with E-state index in [4.69, 9.17) is 18.0 Å². The Hall–Kier alpha value is -0.190. The lowest BCUT2D eigenvalue weighted by Gasteiger charge is -2.22. The van der Waals surface area contributed by atoms with Crippen LogP contribution in [0.25, 0.3) is 0 Å². The Labute approximate surface area is 61.0 Å². The summed E-state index contributed by atoms with van der Waals surface area (Å²) in [6, 6.07) is 0. The van der Waals surface area contributed by atoms with Crippen LogP contribution in [0.15, 0.2) is 0 Å². The van der Waals surface area contributed by atoms with Gasteiger partial charge in [0.25, 0.3) is 0 Å². The van der Waals surface area contributed by atoms with E-state index in [1.54, 1.807) is 13.8 Å². The molecule has 0 aromatic heterocycles. The lowest BCUT2D eigenvalue weighted by Crippen LogP contribution is -2.32. The van der Waals surface area contributed by atoms with Crippen LogP contribution in [0.5, 0.6) is 0 Å². The van der Waals surface area contributed by atoms with Gasteiger partial charge in [0.2, 0.25) is 0 Å². The second-order valence-corrected chi connectivity index (χ2v) is 3.01. The number of hydrogen-bond acceptors (Lipinski definition) is 1. The zero-order chi connectivity index (χ0) is 7.49. The highest BCUT2D eigenvalue weighted by molar-refractivity contribution is 6.21. The SMILES string of the molecule is C#CCC(C)(O)C(C)Cl. The molecule has 52 valence electrons. The zero-order valence-electron chi connectivity index (χ0n) is 5.69. The van der Waals surface area contributed by atoms with Gasteiger partial charge >= 0.3 is 0 Å². The van der Waals surface area contributed by atoms with Crippen LogP contribution in [-0.2, 0) is 0 Å². The third kappa shape index (κ3) is 2.74. The molecule has 0 radical (unpaired) electrons. The van der Waals surface area contributed by atoms with Crippen molar-refractivity contribution >= 4 is 11.6 Å². The van der Waals surface area contributed by atoms with Crippen LogP contribution in [0.4, 0.5) is 0 Å². The molecule has 0 aliphatic rings. The molecule has 0 spiro atoms. The third-order valence-electron chi connectivity index (χ3n) is 1.32. The number of aliphatic hydroxyl groups is 1. The summed E-state index contributed by atoms with van der Waals surface area (Å²) in [6.45, 7) is 3.35. The summed E-state index contributed by atoms with van der Waals surface area (Å²) in [5.41, 5.74) is -0.920. The van der Waals surface area contributed by atoms with E-state index in [0.29, 0.717) is 6.42 Å². The Kier molecular flexibility index (Phi) is 3.03. The van der Waals surface area contributed by atoms with Crippen LogP contribution in [0.1, 0.15) is 20.3 Å². The molecule has 0 aliphatic heterocycles. The first kappa shape index (κ1) is 8.81. The minimum Gasteiger partial charge on any atom is -0.388 e. The van der Waals surface area contributed by atoms with Crippen LogP contribution < -0.4 is 0 Å². The lowest BCUT2D eigenvalue weighted by atomic mass is 10.00. The van der Waals surface area contributed by atoms with E-state index in [2.05, 4.69) is 5.92 Å². The van der Waals surface area contributed by atoms with Gasteiger partial charge in [-0.25, -0.2) is 0 Å². The Morgan fingerprint density at radius 1 is 1.89 bits per heavy atom. The molecule has 0 saturated carbocycles. The van der Waals surface area contributed by atoms with E-state index in [1.165, 1.54) is 0 Å². The van der Waals surface area contributed by atoms with Gasteiger partial charge in [-0.2, -0.15) is 0 Å². The van der Waals surface area contributed by atoms with E-state index in [0.717, 1.165) is 0 Å². The molecule has 0 aliphatic carbocycles. The van der Waals surface area contributed by atoms with Crippen LogP contribution in [0.3, 0.4) is 0 Å². The predicted molar refractivity (Wildman–Crippen MR) is 39.4 cm³/mol.